The minimum absolute atomic E-state index is 0.0731. The summed E-state index contributed by atoms with van der Waals surface area (Å²) in [7, 11) is 0. The van der Waals surface area contributed by atoms with Crippen molar-refractivity contribution in [3.05, 3.63) is 0 Å². The van der Waals surface area contributed by atoms with Gasteiger partial charge in [0.1, 0.15) is 0 Å². The molecule has 106 valence electrons. The van der Waals surface area contributed by atoms with Gasteiger partial charge in [0, 0.05) is 19.1 Å². The van der Waals surface area contributed by atoms with Crippen LogP contribution >= 0.6 is 0 Å². The molecule has 1 amide bonds. The summed E-state index contributed by atoms with van der Waals surface area (Å²) < 4.78 is 0. The Bertz CT molecular complexity index is 277. The minimum Gasteiger partial charge on any atom is -0.389 e. The van der Waals surface area contributed by atoms with E-state index in [2.05, 4.69) is 26.1 Å². The molecule has 1 aliphatic heterocycles. The summed E-state index contributed by atoms with van der Waals surface area (Å²) in [6.07, 6.45) is 2.92. The summed E-state index contributed by atoms with van der Waals surface area (Å²) in [5.41, 5.74) is -0.621. The number of rotatable bonds is 6. The molecule has 1 rings (SSSR count). The number of β-amino-alcohol motifs (C(OH)–C–C–N with tert-alkyl or cyclic N) is 1. The van der Waals surface area contributed by atoms with Gasteiger partial charge in [-0.2, -0.15) is 0 Å². The molecule has 1 fully saturated rings. The van der Waals surface area contributed by atoms with E-state index in [1.807, 2.05) is 11.8 Å². The van der Waals surface area contributed by atoms with Gasteiger partial charge in [0.2, 0.25) is 5.91 Å². The minimum atomic E-state index is -0.621. The van der Waals surface area contributed by atoms with E-state index in [9.17, 15) is 9.90 Å². The van der Waals surface area contributed by atoms with Crippen molar-refractivity contribution in [2.75, 3.05) is 19.6 Å². The molecule has 0 aromatic heterocycles. The third-order valence-electron chi connectivity index (χ3n) is 3.48. The molecule has 4 heteroatoms. The van der Waals surface area contributed by atoms with Crippen LogP contribution in [0.4, 0.5) is 0 Å². The largest absolute Gasteiger partial charge is 0.389 e. The number of likely N-dealkylation sites (tertiary alicyclic amines) is 1. The Balaban J connectivity index is 2.21. The standard InChI is InChI=1S/C14H28N2O2/c1-11(2)5-6-12(3)15-13(17)9-16-8-7-14(4,18)10-16/h11-12,18H,5-10H2,1-4H3,(H,15,17). The third kappa shape index (κ3) is 5.83. The molecule has 2 N–H and O–H groups in total. The van der Waals surface area contributed by atoms with Gasteiger partial charge in [-0.15, -0.1) is 0 Å². The van der Waals surface area contributed by atoms with Crippen molar-refractivity contribution in [1.29, 1.82) is 0 Å². The van der Waals surface area contributed by atoms with Crippen molar-refractivity contribution >= 4 is 5.91 Å². The molecule has 0 saturated carbocycles. The van der Waals surface area contributed by atoms with Gasteiger partial charge < -0.3 is 10.4 Å². The second-order valence-electron chi connectivity index (χ2n) is 6.40. The smallest absolute Gasteiger partial charge is 0.234 e. The highest BCUT2D eigenvalue weighted by molar-refractivity contribution is 5.78. The van der Waals surface area contributed by atoms with Crippen LogP contribution in [0.5, 0.6) is 0 Å². The van der Waals surface area contributed by atoms with E-state index in [4.69, 9.17) is 0 Å². The molecule has 0 aliphatic carbocycles. The lowest BCUT2D eigenvalue weighted by atomic mass is 10.0. The van der Waals surface area contributed by atoms with E-state index in [0.29, 0.717) is 19.0 Å². The average Bonchev–Trinajstić information content (AvgIpc) is 2.54. The van der Waals surface area contributed by atoms with Crippen molar-refractivity contribution in [1.82, 2.24) is 10.2 Å². The Morgan fingerprint density at radius 2 is 2.06 bits per heavy atom. The van der Waals surface area contributed by atoms with Gasteiger partial charge in [0.15, 0.2) is 0 Å². The Morgan fingerprint density at radius 3 is 2.56 bits per heavy atom. The number of hydrogen-bond acceptors (Lipinski definition) is 3. The topological polar surface area (TPSA) is 52.6 Å². The molecule has 4 nitrogen and oxygen atoms in total. The van der Waals surface area contributed by atoms with Crippen molar-refractivity contribution in [3.8, 4) is 0 Å². The Labute approximate surface area is 111 Å². The lowest BCUT2D eigenvalue weighted by Crippen LogP contribution is -2.41. The molecule has 0 aromatic carbocycles. The Kier molecular flexibility index (Phi) is 5.60. The van der Waals surface area contributed by atoms with Crippen LogP contribution in [-0.4, -0.2) is 47.2 Å². The van der Waals surface area contributed by atoms with Gasteiger partial charge >= 0.3 is 0 Å². The maximum atomic E-state index is 11.8. The van der Waals surface area contributed by atoms with Crippen LogP contribution in [0.1, 0.15) is 47.0 Å². The summed E-state index contributed by atoms with van der Waals surface area (Å²) in [6, 6.07) is 0.239. The molecule has 1 aliphatic rings. The molecular formula is C14H28N2O2. The van der Waals surface area contributed by atoms with Crippen molar-refractivity contribution in [3.63, 3.8) is 0 Å². The third-order valence-corrected chi connectivity index (χ3v) is 3.48. The lowest BCUT2D eigenvalue weighted by molar-refractivity contribution is -0.122. The lowest BCUT2D eigenvalue weighted by Gasteiger charge is -2.20. The van der Waals surface area contributed by atoms with Gasteiger partial charge in [-0.05, 0) is 39.0 Å². The first-order valence-corrected chi connectivity index (χ1v) is 7.02. The number of aliphatic hydroxyl groups is 1. The van der Waals surface area contributed by atoms with E-state index in [0.717, 1.165) is 25.8 Å². The van der Waals surface area contributed by atoms with Crippen molar-refractivity contribution in [2.45, 2.75) is 58.6 Å². The SMILES string of the molecule is CC(C)CCC(C)NC(=O)CN1CCC(C)(O)C1. The molecule has 0 spiro atoms. The van der Waals surface area contributed by atoms with Crippen LogP contribution in [0.3, 0.4) is 0 Å². The van der Waals surface area contributed by atoms with Gasteiger partial charge in [0.25, 0.3) is 0 Å². The molecule has 1 heterocycles. The summed E-state index contributed by atoms with van der Waals surface area (Å²) in [5.74, 6) is 0.752. The summed E-state index contributed by atoms with van der Waals surface area (Å²) >= 11 is 0. The predicted molar refractivity (Wildman–Crippen MR) is 73.4 cm³/mol. The van der Waals surface area contributed by atoms with Crippen molar-refractivity contribution < 1.29 is 9.90 Å². The highest BCUT2D eigenvalue weighted by Crippen LogP contribution is 2.19. The summed E-state index contributed by atoms with van der Waals surface area (Å²) in [5, 5.41) is 12.9. The number of carbonyl (C=O) groups is 1. The zero-order valence-corrected chi connectivity index (χ0v) is 12.2. The first kappa shape index (κ1) is 15.4. The van der Waals surface area contributed by atoms with E-state index >= 15 is 0 Å². The summed E-state index contributed by atoms with van der Waals surface area (Å²) in [6.45, 7) is 10.1. The molecule has 2 unspecified atom stereocenters. The Hall–Kier alpha value is -0.610. The van der Waals surface area contributed by atoms with Crippen LogP contribution in [0.25, 0.3) is 0 Å². The van der Waals surface area contributed by atoms with Gasteiger partial charge in [-0.25, -0.2) is 0 Å². The second kappa shape index (κ2) is 6.53. The highest BCUT2D eigenvalue weighted by atomic mass is 16.3. The fraction of sp³-hybridized carbons (Fsp3) is 0.929. The van der Waals surface area contributed by atoms with Crippen LogP contribution in [0, 0.1) is 5.92 Å². The van der Waals surface area contributed by atoms with Crippen LogP contribution in [0.2, 0.25) is 0 Å². The summed E-state index contributed by atoms with van der Waals surface area (Å²) in [4.78, 5) is 13.8. The van der Waals surface area contributed by atoms with Gasteiger partial charge in [-0.3, -0.25) is 9.69 Å². The van der Waals surface area contributed by atoms with E-state index in [1.54, 1.807) is 0 Å². The molecule has 0 aromatic rings. The first-order chi connectivity index (χ1) is 8.28. The zero-order valence-electron chi connectivity index (χ0n) is 12.2. The van der Waals surface area contributed by atoms with Crippen LogP contribution < -0.4 is 5.32 Å². The fourth-order valence-electron chi connectivity index (χ4n) is 2.35. The quantitative estimate of drug-likeness (QED) is 0.755. The second-order valence-corrected chi connectivity index (χ2v) is 6.40. The van der Waals surface area contributed by atoms with Crippen LogP contribution in [-0.2, 0) is 4.79 Å². The molecule has 2 atom stereocenters. The normalized spacial score (nSPS) is 26.6. The highest BCUT2D eigenvalue weighted by Gasteiger charge is 2.32. The van der Waals surface area contributed by atoms with E-state index in [-0.39, 0.29) is 11.9 Å². The van der Waals surface area contributed by atoms with Gasteiger partial charge in [0.05, 0.1) is 12.1 Å². The zero-order chi connectivity index (χ0) is 13.8. The molecule has 18 heavy (non-hydrogen) atoms. The first-order valence-electron chi connectivity index (χ1n) is 7.02. The molecular weight excluding hydrogens is 228 g/mol. The number of nitrogens with zero attached hydrogens (tertiary/aromatic N) is 1. The maximum Gasteiger partial charge on any atom is 0.234 e. The van der Waals surface area contributed by atoms with E-state index < -0.39 is 5.60 Å². The van der Waals surface area contributed by atoms with Gasteiger partial charge in [-0.1, -0.05) is 13.8 Å². The van der Waals surface area contributed by atoms with Crippen molar-refractivity contribution in [2.24, 2.45) is 5.92 Å². The molecule has 0 bridgehead atoms. The fourth-order valence-corrected chi connectivity index (χ4v) is 2.35. The Morgan fingerprint density at radius 1 is 1.39 bits per heavy atom. The number of amides is 1. The monoisotopic (exact) mass is 256 g/mol. The van der Waals surface area contributed by atoms with Crippen LogP contribution in [0.15, 0.2) is 0 Å². The molecule has 1 saturated heterocycles. The van der Waals surface area contributed by atoms with E-state index in [1.165, 1.54) is 0 Å². The number of carbonyl (C=O) groups excluding carboxylic acids is 1. The molecule has 0 radical (unpaired) electrons. The predicted octanol–water partition coefficient (Wildman–Crippen LogP) is 1.38. The number of nitrogens with one attached hydrogen (secondary N) is 1. The maximum absolute atomic E-state index is 11.8. The number of hydrogen-bond donors (Lipinski definition) is 2. The average molecular weight is 256 g/mol.